The summed E-state index contributed by atoms with van der Waals surface area (Å²) in [6.07, 6.45) is 0. The second kappa shape index (κ2) is 6.17. The minimum absolute atomic E-state index is 0.318. The number of fused-ring (bicyclic) bond motifs is 1. The van der Waals surface area contributed by atoms with E-state index in [1.165, 1.54) is 11.6 Å². The maximum Gasteiger partial charge on any atom is 0.332 e. The van der Waals surface area contributed by atoms with Crippen LogP contribution in [0.5, 0.6) is 0 Å². The van der Waals surface area contributed by atoms with Crippen molar-refractivity contribution in [2.24, 2.45) is 14.1 Å². The monoisotopic (exact) mass is 323 g/mol. The molecule has 3 rings (SSSR count). The fourth-order valence-corrected chi connectivity index (χ4v) is 3.02. The molecular formula is C14H23N6O3+. The molecule has 3 heterocycles. The Hall–Kier alpha value is -2.13. The van der Waals surface area contributed by atoms with E-state index in [4.69, 9.17) is 4.74 Å². The predicted octanol–water partition coefficient (Wildman–Crippen LogP) is -2.54. The first-order valence-corrected chi connectivity index (χ1v) is 7.78. The van der Waals surface area contributed by atoms with Gasteiger partial charge in [0.25, 0.3) is 5.56 Å². The van der Waals surface area contributed by atoms with Crippen LogP contribution in [0.1, 0.15) is 0 Å². The Morgan fingerprint density at radius 3 is 2.52 bits per heavy atom. The molecule has 9 heteroatoms. The number of quaternary nitrogens is 1. The van der Waals surface area contributed by atoms with Gasteiger partial charge in [-0.1, -0.05) is 0 Å². The van der Waals surface area contributed by atoms with Gasteiger partial charge in [-0.25, -0.2) is 4.79 Å². The minimum atomic E-state index is -0.364. The Morgan fingerprint density at radius 2 is 1.87 bits per heavy atom. The summed E-state index contributed by atoms with van der Waals surface area (Å²) in [5, 5.41) is 2.26. The van der Waals surface area contributed by atoms with Gasteiger partial charge < -0.3 is 19.5 Å². The molecule has 0 atom stereocenters. The third-order valence-electron chi connectivity index (χ3n) is 4.34. The van der Waals surface area contributed by atoms with Crippen LogP contribution in [-0.2, 0) is 25.4 Å². The number of hydrogen-bond donors (Lipinski definition) is 1. The zero-order valence-corrected chi connectivity index (χ0v) is 13.8. The van der Waals surface area contributed by atoms with Crippen LogP contribution in [0.2, 0.25) is 0 Å². The Balaban J connectivity index is 2.26. The maximum absolute atomic E-state index is 12.6. The summed E-state index contributed by atoms with van der Waals surface area (Å²) in [6, 6.07) is 0. The molecule has 0 bridgehead atoms. The Kier molecular flexibility index (Phi) is 4.22. The summed E-state index contributed by atoms with van der Waals surface area (Å²) in [5.41, 5.74) is 0.203. The number of methoxy groups -OCH3 is 1. The fraction of sp³-hybridized carbons (Fsp3) is 0.643. The Morgan fingerprint density at radius 1 is 1.17 bits per heavy atom. The lowest BCUT2D eigenvalue weighted by Crippen LogP contribution is -2.89. The van der Waals surface area contributed by atoms with Gasteiger partial charge in [-0.15, -0.1) is 0 Å². The van der Waals surface area contributed by atoms with Crippen molar-refractivity contribution in [2.75, 3.05) is 44.8 Å². The minimum Gasteiger partial charge on any atom is -0.383 e. The highest BCUT2D eigenvalue weighted by Crippen LogP contribution is 2.19. The van der Waals surface area contributed by atoms with Crippen molar-refractivity contribution in [3.05, 3.63) is 20.8 Å². The van der Waals surface area contributed by atoms with Gasteiger partial charge in [-0.2, -0.15) is 4.98 Å². The molecule has 1 saturated heterocycles. The molecular weight excluding hydrogens is 300 g/mol. The van der Waals surface area contributed by atoms with E-state index in [9.17, 15) is 9.59 Å². The van der Waals surface area contributed by atoms with Gasteiger partial charge in [0.1, 0.15) is 0 Å². The molecule has 0 unspecified atom stereocenters. The van der Waals surface area contributed by atoms with Gasteiger partial charge >= 0.3 is 5.69 Å². The zero-order valence-electron chi connectivity index (χ0n) is 13.8. The van der Waals surface area contributed by atoms with E-state index >= 15 is 0 Å². The largest absolute Gasteiger partial charge is 0.383 e. The molecule has 1 aliphatic heterocycles. The van der Waals surface area contributed by atoms with Gasteiger partial charge in [-0.05, 0) is 0 Å². The number of piperazine rings is 1. The van der Waals surface area contributed by atoms with E-state index in [0.29, 0.717) is 24.3 Å². The molecule has 23 heavy (non-hydrogen) atoms. The van der Waals surface area contributed by atoms with Crippen molar-refractivity contribution >= 4 is 17.1 Å². The molecule has 9 nitrogen and oxygen atoms in total. The van der Waals surface area contributed by atoms with Gasteiger partial charge in [0.2, 0.25) is 5.95 Å². The fourth-order valence-electron chi connectivity index (χ4n) is 3.02. The highest BCUT2D eigenvalue weighted by Gasteiger charge is 2.24. The molecule has 0 aromatic carbocycles. The molecule has 126 valence electrons. The van der Waals surface area contributed by atoms with E-state index in [-0.39, 0.29) is 11.2 Å². The first-order chi connectivity index (χ1) is 11.1. The van der Waals surface area contributed by atoms with Crippen LogP contribution in [0, 0.1) is 0 Å². The molecule has 0 radical (unpaired) electrons. The van der Waals surface area contributed by atoms with Crippen LogP contribution in [0.15, 0.2) is 9.59 Å². The van der Waals surface area contributed by atoms with E-state index < -0.39 is 0 Å². The summed E-state index contributed by atoms with van der Waals surface area (Å²) in [5.74, 6) is 0.739. The molecule has 1 fully saturated rings. The van der Waals surface area contributed by atoms with Crippen molar-refractivity contribution < 1.29 is 10.1 Å². The summed E-state index contributed by atoms with van der Waals surface area (Å²) in [6.45, 7) is 4.71. The lowest BCUT2D eigenvalue weighted by molar-refractivity contribution is -0.655. The number of rotatable bonds is 4. The van der Waals surface area contributed by atoms with Gasteiger partial charge in [0.05, 0.1) is 32.8 Å². The summed E-state index contributed by atoms with van der Waals surface area (Å²) in [7, 11) is 4.77. The molecule has 0 saturated carbocycles. The number of ether oxygens (including phenoxy) is 1. The van der Waals surface area contributed by atoms with Gasteiger partial charge in [-0.3, -0.25) is 13.9 Å². The smallest absolute Gasteiger partial charge is 0.332 e. The predicted molar refractivity (Wildman–Crippen MR) is 86.0 cm³/mol. The summed E-state index contributed by atoms with van der Waals surface area (Å²) < 4.78 is 9.62. The van der Waals surface area contributed by atoms with Crippen molar-refractivity contribution in [2.45, 2.75) is 6.54 Å². The van der Waals surface area contributed by atoms with Crippen LogP contribution in [-0.4, -0.2) is 58.6 Å². The lowest BCUT2D eigenvalue weighted by atomic mass is 10.4. The lowest BCUT2D eigenvalue weighted by Gasteiger charge is -2.26. The molecule has 0 amide bonds. The summed E-state index contributed by atoms with van der Waals surface area (Å²) >= 11 is 0. The zero-order chi connectivity index (χ0) is 16.6. The van der Waals surface area contributed by atoms with Crippen LogP contribution in [0.3, 0.4) is 0 Å². The molecule has 1 aliphatic rings. The molecule has 2 aromatic rings. The number of anilines is 1. The number of imidazole rings is 1. The number of hydrogen-bond acceptors (Lipinski definition) is 5. The van der Waals surface area contributed by atoms with Crippen LogP contribution >= 0.6 is 0 Å². The van der Waals surface area contributed by atoms with Crippen molar-refractivity contribution in [1.82, 2.24) is 18.7 Å². The summed E-state index contributed by atoms with van der Waals surface area (Å²) in [4.78, 5) is 31.5. The third-order valence-corrected chi connectivity index (χ3v) is 4.34. The molecule has 0 spiro atoms. The second-order valence-corrected chi connectivity index (χ2v) is 5.79. The van der Waals surface area contributed by atoms with Crippen LogP contribution in [0.25, 0.3) is 11.2 Å². The SMILES string of the molecule is COCCn1c(N2CC[NH2+]CC2)nc2c1c(=O)n(C)c(=O)n2C. The van der Waals surface area contributed by atoms with Crippen LogP contribution < -0.4 is 21.5 Å². The van der Waals surface area contributed by atoms with Crippen molar-refractivity contribution in [3.63, 3.8) is 0 Å². The van der Waals surface area contributed by atoms with Crippen molar-refractivity contribution in [1.29, 1.82) is 0 Å². The average molecular weight is 323 g/mol. The van der Waals surface area contributed by atoms with Crippen LogP contribution in [0.4, 0.5) is 5.95 Å². The van der Waals surface area contributed by atoms with Gasteiger partial charge in [0.15, 0.2) is 11.2 Å². The van der Waals surface area contributed by atoms with E-state index in [1.807, 2.05) is 4.57 Å². The van der Waals surface area contributed by atoms with E-state index in [0.717, 1.165) is 36.7 Å². The highest BCUT2D eigenvalue weighted by atomic mass is 16.5. The molecule has 2 N–H and O–H groups in total. The first-order valence-electron chi connectivity index (χ1n) is 7.78. The highest BCUT2D eigenvalue weighted by molar-refractivity contribution is 5.74. The molecule has 0 aliphatic carbocycles. The standard InChI is InChI=1S/C14H22N6O3/c1-17-11-10(12(21)18(2)14(17)22)20(8-9-23-3)13(16-11)19-6-4-15-5-7-19/h15H,4-9H2,1-3H3/p+1. The number of aromatic nitrogens is 4. The quantitative estimate of drug-likeness (QED) is 0.670. The molecule has 2 aromatic heterocycles. The number of nitrogens with zero attached hydrogens (tertiary/aromatic N) is 5. The maximum atomic E-state index is 12.6. The first kappa shape index (κ1) is 15.8. The number of aryl methyl sites for hydroxylation is 1. The van der Waals surface area contributed by atoms with E-state index in [1.54, 1.807) is 14.2 Å². The Bertz CT molecular complexity index is 828. The van der Waals surface area contributed by atoms with E-state index in [2.05, 4.69) is 15.2 Å². The third kappa shape index (κ3) is 2.55. The second-order valence-electron chi connectivity index (χ2n) is 5.79. The normalized spacial score (nSPS) is 15.5. The average Bonchev–Trinajstić information content (AvgIpc) is 2.96. The van der Waals surface area contributed by atoms with Gasteiger partial charge in [0, 0.05) is 27.7 Å². The topological polar surface area (TPSA) is 90.9 Å². The number of nitrogens with two attached hydrogens (primary N) is 1. The Labute approximate surface area is 133 Å². The van der Waals surface area contributed by atoms with Crippen molar-refractivity contribution in [3.8, 4) is 0 Å².